The lowest BCUT2D eigenvalue weighted by Gasteiger charge is -2.23. The molecule has 0 aromatic carbocycles. The molecule has 0 radical (unpaired) electrons. The van der Waals surface area contributed by atoms with E-state index in [1.165, 1.54) is 0 Å². The van der Waals surface area contributed by atoms with Crippen LogP contribution in [0, 0.1) is 6.92 Å². The molecule has 1 unspecified atom stereocenters. The monoisotopic (exact) mass is 392 g/mol. The third-order valence-electron chi connectivity index (χ3n) is 4.22. The van der Waals surface area contributed by atoms with Gasteiger partial charge in [0.2, 0.25) is 0 Å². The van der Waals surface area contributed by atoms with Gasteiger partial charge in [-0.05, 0) is 42.2 Å². The number of hydrogen-bond donors (Lipinski definition) is 2. The van der Waals surface area contributed by atoms with E-state index in [-0.39, 0.29) is 0 Å². The van der Waals surface area contributed by atoms with Crippen LogP contribution in [0.1, 0.15) is 29.5 Å². The first-order chi connectivity index (χ1) is 11.1. The van der Waals surface area contributed by atoms with Gasteiger partial charge < -0.3 is 11.1 Å². The van der Waals surface area contributed by atoms with Crippen molar-refractivity contribution in [3.8, 4) is 10.4 Å². The Kier molecular flexibility index (Phi) is 3.82. The number of fused-ring (bicyclic) bond motifs is 1. The summed E-state index contributed by atoms with van der Waals surface area (Å²) in [7, 11) is 0. The van der Waals surface area contributed by atoms with Crippen LogP contribution in [0.4, 0.5) is 5.82 Å². The fourth-order valence-electron chi connectivity index (χ4n) is 3.03. The summed E-state index contributed by atoms with van der Waals surface area (Å²) in [5.41, 5.74) is 9.11. The number of halogens is 1. The maximum atomic E-state index is 6.30. The molecule has 1 aliphatic heterocycles. The molecule has 4 rings (SSSR count). The van der Waals surface area contributed by atoms with Crippen LogP contribution in [0.25, 0.3) is 16.1 Å². The molecule has 1 saturated heterocycles. The molecule has 3 aromatic heterocycles. The van der Waals surface area contributed by atoms with Crippen molar-refractivity contribution in [3.63, 3.8) is 0 Å². The lowest BCUT2D eigenvalue weighted by atomic mass is 9.96. The van der Waals surface area contributed by atoms with Crippen LogP contribution in [0.15, 0.2) is 16.9 Å². The lowest BCUT2D eigenvalue weighted by Crippen LogP contribution is -2.29. The van der Waals surface area contributed by atoms with Gasteiger partial charge in [0.05, 0.1) is 31.8 Å². The van der Waals surface area contributed by atoms with Gasteiger partial charge in [-0.15, -0.1) is 11.3 Å². The van der Waals surface area contributed by atoms with E-state index in [2.05, 4.69) is 31.3 Å². The molecule has 1 fully saturated rings. The van der Waals surface area contributed by atoms with Gasteiger partial charge in [0.15, 0.2) is 5.65 Å². The second-order valence-corrected chi connectivity index (χ2v) is 7.80. The van der Waals surface area contributed by atoms with Crippen molar-refractivity contribution in [2.24, 2.45) is 0 Å². The van der Waals surface area contributed by atoms with Crippen molar-refractivity contribution in [2.75, 3.05) is 18.8 Å². The molecular formula is C15H17BrN6S. The topological polar surface area (TPSA) is 81.1 Å². The van der Waals surface area contributed by atoms with Gasteiger partial charge >= 0.3 is 0 Å². The van der Waals surface area contributed by atoms with E-state index in [0.717, 1.165) is 57.2 Å². The van der Waals surface area contributed by atoms with Crippen molar-refractivity contribution in [1.82, 2.24) is 24.9 Å². The number of nitrogen functional groups attached to an aromatic ring is 1. The Bertz CT molecular complexity index is 864. The number of hydrogen-bond acceptors (Lipinski definition) is 6. The maximum Gasteiger partial charge on any atom is 0.166 e. The molecule has 3 aromatic rings. The van der Waals surface area contributed by atoms with E-state index < -0.39 is 0 Å². The van der Waals surface area contributed by atoms with Crippen molar-refractivity contribution in [3.05, 3.63) is 27.6 Å². The Hall–Kier alpha value is -1.51. The molecule has 3 N–H and O–H groups in total. The summed E-state index contributed by atoms with van der Waals surface area (Å²) in [5, 5.41) is 8.88. The Morgan fingerprint density at radius 2 is 2.30 bits per heavy atom. The SMILES string of the molecule is Cc1ncc(-c2cnn3c(N)c(Br)c(C4CCCNC4)nc23)s1. The smallest absolute Gasteiger partial charge is 0.166 e. The number of nitrogens with one attached hydrogen (secondary N) is 1. The van der Waals surface area contributed by atoms with E-state index in [9.17, 15) is 0 Å². The number of rotatable bonds is 2. The zero-order valence-electron chi connectivity index (χ0n) is 12.7. The highest BCUT2D eigenvalue weighted by molar-refractivity contribution is 9.10. The second kappa shape index (κ2) is 5.85. The van der Waals surface area contributed by atoms with Crippen LogP contribution in [-0.2, 0) is 0 Å². The Balaban J connectivity index is 1.89. The number of nitrogens with two attached hydrogens (primary N) is 1. The molecule has 8 heteroatoms. The summed E-state index contributed by atoms with van der Waals surface area (Å²) in [5.74, 6) is 0.972. The molecule has 0 saturated carbocycles. The van der Waals surface area contributed by atoms with Crippen molar-refractivity contribution in [1.29, 1.82) is 0 Å². The number of anilines is 1. The van der Waals surface area contributed by atoms with Gasteiger partial charge in [0.1, 0.15) is 5.82 Å². The molecule has 0 bridgehead atoms. The van der Waals surface area contributed by atoms with Crippen molar-refractivity contribution < 1.29 is 0 Å². The summed E-state index contributed by atoms with van der Waals surface area (Å²) in [4.78, 5) is 10.3. The van der Waals surface area contributed by atoms with Gasteiger partial charge in [-0.25, -0.2) is 9.97 Å². The molecular weight excluding hydrogens is 376 g/mol. The maximum absolute atomic E-state index is 6.30. The fourth-order valence-corrected chi connectivity index (χ4v) is 4.39. The molecule has 1 aliphatic rings. The summed E-state index contributed by atoms with van der Waals surface area (Å²) >= 11 is 5.26. The molecule has 4 heterocycles. The van der Waals surface area contributed by atoms with Crippen LogP contribution in [0.2, 0.25) is 0 Å². The minimum Gasteiger partial charge on any atom is -0.383 e. The van der Waals surface area contributed by atoms with Crippen molar-refractivity contribution in [2.45, 2.75) is 25.7 Å². The minimum absolute atomic E-state index is 0.372. The highest BCUT2D eigenvalue weighted by Crippen LogP contribution is 2.36. The minimum atomic E-state index is 0.372. The molecule has 0 spiro atoms. The van der Waals surface area contributed by atoms with Crippen LogP contribution in [0.3, 0.4) is 0 Å². The third kappa shape index (κ3) is 2.54. The Labute approximate surface area is 146 Å². The molecule has 6 nitrogen and oxygen atoms in total. The lowest BCUT2D eigenvalue weighted by molar-refractivity contribution is 0.453. The summed E-state index contributed by atoms with van der Waals surface area (Å²) in [6, 6.07) is 0. The average molecular weight is 393 g/mol. The van der Waals surface area contributed by atoms with Gasteiger partial charge in [-0.3, -0.25) is 0 Å². The number of piperidine rings is 1. The first kappa shape index (κ1) is 15.0. The number of aryl methyl sites for hydroxylation is 1. The zero-order valence-corrected chi connectivity index (χ0v) is 15.1. The molecule has 1 atom stereocenters. The molecule has 120 valence electrons. The quantitative estimate of drug-likeness (QED) is 0.700. The summed E-state index contributed by atoms with van der Waals surface area (Å²) in [6.45, 7) is 4.01. The van der Waals surface area contributed by atoms with E-state index in [4.69, 9.17) is 10.7 Å². The first-order valence-corrected chi connectivity index (χ1v) is 9.22. The number of nitrogens with zero attached hydrogens (tertiary/aromatic N) is 4. The largest absolute Gasteiger partial charge is 0.383 e. The first-order valence-electron chi connectivity index (χ1n) is 7.61. The van der Waals surface area contributed by atoms with Gasteiger partial charge in [-0.1, -0.05) is 0 Å². The van der Waals surface area contributed by atoms with Crippen LogP contribution >= 0.6 is 27.3 Å². The van der Waals surface area contributed by atoms with Gasteiger partial charge in [-0.2, -0.15) is 9.61 Å². The highest BCUT2D eigenvalue weighted by Gasteiger charge is 2.24. The zero-order chi connectivity index (χ0) is 16.0. The average Bonchev–Trinajstić information content (AvgIpc) is 3.17. The van der Waals surface area contributed by atoms with Gasteiger partial charge in [0.25, 0.3) is 0 Å². The predicted octanol–water partition coefficient (Wildman–Crippen LogP) is 2.97. The molecule has 0 aliphatic carbocycles. The molecule has 23 heavy (non-hydrogen) atoms. The van der Waals surface area contributed by atoms with E-state index in [0.29, 0.717) is 11.7 Å². The Morgan fingerprint density at radius 3 is 3.00 bits per heavy atom. The standard InChI is InChI=1S/C15H17BrN6S/c1-8-19-7-11(23-8)10-6-20-22-14(17)12(16)13(21-15(10)22)9-3-2-4-18-5-9/h6-7,9,18H,2-5,17H2,1H3. The normalized spacial score (nSPS) is 18.6. The number of aromatic nitrogens is 4. The van der Waals surface area contributed by atoms with Gasteiger partial charge in [0, 0.05) is 18.7 Å². The van der Waals surface area contributed by atoms with Crippen molar-refractivity contribution >= 4 is 38.7 Å². The Morgan fingerprint density at radius 1 is 1.43 bits per heavy atom. The van der Waals surface area contributed by atoms with E-state index >= 15 is 0 Å². The van der Waals surface area contributed by atoms with Crippen LogP contribution in [-0.4, -0.2) is 32.7 Å². The molecule has 0 amide bonds. The third-order valence-corrected chi connectivity index (χ3v) is 5.98. The highest BCUT2D eigenvalue weighted by atomic mass is 79.9. The fraction of sp³-hybridized carbons (Fsp3) is 0.400. The van der Waals surface area contributed by atoms with Crippen LogP contribution in [0.5, 0.6) is 0 Å². The van der Waals surface area contributed by atoms with Crippen LogP contribution < -0.4 is 11.1 Å². The van der Waals surface area contributed by atoms with E-state index in [1.54, 1.807) is 15.9 Å². The predicted molar refractivity (Wildman–Crippen MR) is 95.8 cm³/mol. The summed E-state index contributed by atoms with van der Waals surface area (Å²) < 4.78 is 2.56. The summed E-state index contributed by atoms with van der Waals surface area (Å²) in [6.07, 6.45) is 5.97. The second-order valence-electron chi connectivity index (χ2n) is 5.78. The van der Waals surface area contributed by atoms with E-state index in [1.807, 2.05) is 19.3 Å². The number of thiazole rings is 1.